The summed E-state index contributed by atoms with van der Waals surface area (Å²) in [6, 6.07) is 3.43. The van der Waals surface area contributed by atoms with Crippen LogP contribution in [-0.4, -0.2) is 63.3 Å². The molecule has 8 nitrogen and oxygen atoms in total. The molecule has 174 valence electrons. The van der Waals surface area contributed by atoms with Crippen LogP contribution in [0.4, 0.5) is 0 Å². The Balaban J connectivity index is 1.62. The Kier molecular flexibility index (Phi) is 6.53. The third kappa shape index (κ3) is 4.81. The molecule has 0 unspecified atom stereocenters. The van der Waals surface area contributed by atoms with Crippen molar-refractivity contribution in [2.45, 2.75) is 64.6 Å². The number of morpholine rings is 1. The summed E-state index contributed by atoms with van der Waals surface area (Å²) in [7, 11) is 0. The summed E-state index contributed by atoms with van der Waals surface area (Å²) in [4.78, 5) is 33.1. The second kappa shape index (κ2) is 9.19. The van der Waals surface area contributed by atoms with E-state index in [1.807, 2.05) is 0 Å². The number of pyridine rings is 2. The number of aromatic nitrogens is 2. The number of fused-ring (bicyclic) bond motifs is 1. The summed E-state index contributed by atoms with van der Waals surface area (Å²) in [5.41, 5.74) is -0.527. The fourth-order valence-electron chi connectivity index (χ4n) is 4.88. The van der Waals surface area contributed by atoms with Gasteiger partial charge in [-0.2, -0.15) is 0 Å². The van der Waals surface area contributed by atoms with Crippen molar-refractivity contribution in [2.75, 3.05) is 26.2 Å². The van der Waals surface area contributed by atoms with Crippen molar-refractivity contribution in [3.63, 3.8) is 0 Å². The number of rotatable bonds is 5. The molecule has 2 fully saturated rings. The number of hydrogen-bond donors (Lipinski definition) is 2. The van der Waals surface area contributed by atoms with Crippen LogP contribution in [0.25, 0.3) is 11.0 Å². The van der Waals surface area contributed by atoms with E-state index in [0.29, 0.717) is 36.6 Å². The summed E-state index contributed by atoms with van der Waals surface area (Å²) in [6.45, 7) is 9.52. The van der Waals surface area contributed by atoms with E-state index in [2.05, 4.69) is 36.0 Å². The molecule has 2 aromatic rings. The minimum absolute atomic E-state index is 0.0335. The second-order valence-corrected chi connectivity index (χ2v) is 9.87. The average Bonchev–Trinajstić information content (AvgIpc) is 2.75. The van der Waals surface area contributed by atoms with Crippen LogP contribution in [0.2, 0.25) is 0 Å². The van der Waals surface area contributed by atoms with Crippen LogP contribution >= 0.6 is 0 Å². The molecule has 0 aromatic carbocycles. The van der Waals surface area contributed by atoms with Crippen molar-refractivity contribution in [3.8, 4) is 5.75 Å². The van der Waals surface area contributed by atoms with Crippen LogP contribution < -0.4 is 10.9 Å². The maximum absolute atomic E-state index is 13.4. The largest absolute Gasteiger partial charge is 0.506 e. The lowest BCUT2D eigenvalue weighted by Gasteiger charge is -2.38. The van der Waals surface area contributed by atoms with Gasteiger partial charge in [0, 0.05) is 38.4 Å². The van der Waals surface area contributed by atoms with E-state index in [4.69, 9.17) is 4.74 Å². The molecular formula is C24H34N4O4. The Bertz CT molecular complexity index is 1040. The molecule has 1 aliphatic heterocycles. The van der Waals surface area contributed by atoms with Crippen molar-refractivity contribution in [2.24, 2.45) is 5.92 Å². The first-order valence-corrected chi connectivity index (χ1v) is 11.6. The SMILES string of the molecule is CC1(C)CN(CCn2c(=O)c(C(=O)N[C@H]3CC[C@@H](C)CC3)c(O)c3cccnc32)CCO1. The number of nitrogens with one attached hydrogen (secondary N) is 1. The lowest BCUT2D eigenvalue weighted by molar-refractivity contribution is -0.0864. The van der Waals surface area contributed by atoms with E-state index in [-0.39, 0.29) is 23.0 Å². The van der Waals surface area contributed by atoms with Crippen LogP contribution in [0.1, 0.15) is 56.8 Å². The molecule has 0 bridgehead atoms. The highest BCUT2D eigenvalue weighted by molar-refractivity contribution is 6.01. The number of carbonyl (C=O) groups excluding carboxylic acids is 1. The summed E-state index contributed by atoms with van der Waals surface area (Å²) < 4.78 is 7.30. The standard InChI is InChI=1S/C24H34N4O4/c1-16-6-8-17(9-7-16)26-22(30)19-20(29)18-5-4-10-25-21(18)28(23(19)31)12-11-27-13-14-32-24(2,3)15-27/h4-5,10,16-17,29H,6-9,11-15H2,1-3H3,(H,26,30)/t16-,17+. The van der Waals surface area contributed by atoms with E-state index in [1.165, 1.54) is 4.57 Å². The monoisotopic (exact) mass is 442 g/mol. The first-order valence-electron chi connectivity index (χ1n) is 11.6. The number of hydrogen-bond acceptors (Lipinski definition) is 6. The zero-order chi connectivity index (χ0) is 22.9. The molecule has 0 radical (unpaired) electrons. The minimum Gasteiger partial charge on any atom is -0.506 e. The lowest BCUT2D eigenvalue weighted by atomic mass is 9.87. The van der Waals surface area contributed by atoms with Gasteiger partial charge in [-0.1, -0.05) is 6.92 Å². The van der Waals surface area contributed by atoms with Gasteiger partial charge in [-0.3, -0.25) is 19.1 Å². The predicted molar refractivity (Wildman–Crippen MR) is 123 cm³/mol. The van der Waals surface area contributed by atoms with Crippen molar-refractivity contribution >= 4 is 16.9 Å². The molecule has 0 atom stereocenters. The van der Waals surface area contributed by atoms with Crippen molar-refractivity contribution in [1.29, 1.82) is 0 Å². The van der Waals surface area contributed by atoms with Gasteiger partial charge in [-0.15, -0.1) is 0 Å². The third-order valence-corrected chi connectivity index (χ3v) is 6.72. The van der Waals surface area contributed by atoms with Crippen LogP contribution in [0.3, 0.4) is 0 Å². The van der Waals surface area contributed by atoms with Gasteiger partial charge < -0.3 is 15.2 Å². The molecule has 4 rings (SSSR count). The van der Waals surface area contributed by atoms with E-state index in [1.54, 1.807) is 18.3 Å². The number of ether oxygens (including phenoxy) is 1. The van der Waals surface area contributed by atoms with E-state index >= 15 is 0 Å². The topological polar surface area (TPSA) is 96.7 Å². The smallest absolute Gasteiger partial charge is 0.268 e. The molecule has 32 heavy (non-hydrogen) atoms. The molecule has 3 heterocycles. The summed E-state index contributed by atoms with van der Waals surface area (Å²) in [5.74, 6) is -0.131. The lowest BCUT2D eigenvalue weighted by Crippen LogP contribution is -2.49. The summed E-state index contributed by atoms with van der Waals surface area (Å²) in [6.07, 6.45) is 5.49. The Morgan fingerprint density at radius 1 is 1.28 bits per heavy atom. The van der Waals surface area contributed by atoms with Crippen LogP contribution in [0.15, 0.2) is 23.1 Å². The molecular weight excluding hydrogens is 408 g/mol. The predicted octanol–water partition coefficient (Wildman–Crippen LogP) is 2.52. The van der Waals surface area contributed by atoms with Gasteiger partial charge >= 0.3 is 0 Å². The quantitative estimate of drug-likeness (QED) is 0.739. The van der Waals surface area contributed by atoms with E-state index in [0.717, 1.165) is 38.8 Å². The van der Waals surface area contributed by atoms with Crippen LogP contribution in [0.5, 0.6) is 5.75 Å². The third-order valence-electron chi connectivity index (χ3n) is 6.72. The molecule has 2 aromatic heterocycles. The maximum atomic E-state index is 13.4. The molecule has 1 amide bonds. The molecule has 1 saturated carbocycles. The minimum atomic E-state index is -0.501. The number of nitrogens with zero attached hydrogens (tertiary/aromatic N) is 3. The zero-order valence-electron chi connectivity index (χ0n) is 19.3. The Hall–Kier alpha value is -2.45. The fraction of sp³-hybridized carbons (Fsp3) is 0.625. The summed E-state index contributed by atoms with van der Waals surface area (Å²) in [5, 5.41) is 14.2. The molecule has 8 heteroatoms. The van der Waals surface area contributed by atoms with Crippen molar-refractivity contribution in [3.05, 3.63) is 34.2 Å². The normalized spacial score (nSPS) is 23.8. The van der Waals surface area contributed by atoms with Gasteiger partial charge in [0.15, 0.2) is 0 Å². The average molecular weight is 443 g/mol. The highest BCUT2D eigenvalue weighted by Crippen LogP contribution is 2.27. The number of carbonyl (C=O) groups is 1. The first kappa shape index (κ1) is 22.7. The maximum Gasteiger partial charge on any atom is 0.268 e. The van der Waals surface area contributed by atoms with Gasteiger partial charge in [-0.05, 0) is 57.6 Å². The highest BCUT2D eigenvalue weighted by Gasteiger charge is 2.29. The number of aromatic hydroxyl groups is 1. The molecule has 1 aliphatic carbocycles. The molecule has 2 N–H and O–H groups in total. The van der Waals surface area contributed by atoms with Crippen molar-refractivity contribution < 1.29 is 14.6 Å². The van der Waals surface area contributed by atoms with Crippen LogP contribution in [-0.2, 0) is 11.3 Å². The molecule has 1 saturated heterocycles. The first-order chi connectivity index (χ1) is 15.2. The van der Waals surface area contributed by atoms with Gasteiger partial charge in [0.2, 0.25) is 0 Å². The fourth-order valence-corrected chi connectivity index (χ4v) is 4.88. The summed E-state index contributed by atoms with van der Waals surface area (Å²) >= 11 is 0. The zero-order valence-corrected chi connectivity index (χ0v) is 19.3. The Morgan fingerprint density at radius 2 is 2.03 bits per heavy atom. The van der Waals surface area contributed by atoms with Gasteiger partial charge in [0.1, 0.15) is 17.0 Å². The second-order valence-electron chi connectivity index (χ2n) is 9.87. The Morgan fingerprint density at radius 3 is 2.75 bits per heavy atom. The molecule has 2 aliphatic rings. The van der Waals surface area contributed by atoms with Crippen molar-refractivity contribution in [1.82, 2.24) is 19.8 Å². The van der Waals surface area contributed by atoms with E-state index in [9.17, 15) is 14.7 Å². The Labute approximate surface area is 188 Å². The molecule has 0 spiro atoms. The van der Waals surface area contributed by atoms with Gasteiger partial charge in [-0.25, -0.2) is 4.98 Å². The van der Waals surface area contributed by atoms with Crippen LogP contribution in [0, 0.1) is 5.92 Å². The van der Waals surface area contributed by atoms with Gasteiger partial charge in [0.25, 0.3) is 11.5 Å². The number of amides is 1. The van der Waals surface area contributed by atoms with E-state index < -0.39 is 11.5 Å². The highest BCUT2D eigenvalue weighted by atomic mass is 16.5. The van der Waals surface area contributed by atoms with Gasteiger partial charge in [0.05, 0.1) is 17.6 Å².